The van der Waals surface area contributed by atoms with Crippen LogP contribution in [0.5, 0.6) is 11.5 Å². The molecule has 0 spiro atoms. The molecule has 2 rings (SSSR count). The Hall–Kier alpha value is -2.20. The molecule has 0 bridgehead atoms. The number of carbonyl (C=O) groups is 1. The van der Waals surface area contributed by atoms with Crippen LogP contribution < -0.4 is 14.8 Å². The second-order valence-electron chi connectivity index (χ2n) is 5.62. The van der Waals surface area contributed by atoms with Crippen LogP contribution in [-0.2, 0) is 4.79 Å². The number of nitrogens with one attached hydrogen (secondary N) is 1. The summed E-state index contributed by atoms with van der Waals surface area (Å²) in [6, 6.07) is 11.4. The molecule has 1 amide bonds. The van der Waals surface area contributed by atoms with Crippen LogP contribution >= 0.6 is 11.6 Å². The van der Waals surface area contributed by atoms with Gasteiger partial charge in [-0.1, -0.05) is 29.8 Å². The van der Waals surface area contributed by atoms with Crippen LogP contribution in [0.15, 0.2) is 36.4 Å². The normalized spacial score (nSPS) is 10.3. The van der Waals surface area contributed by atoms with Gasteiger partial charge >= 0.3 is 0 Å². The van der Waals surface area contributed by atoms with Crippen LogP contribution in [0.4, 0.5) is 0 Å². The molecule has 0 unspecified atom stereocenters. The fourth-order valence-electron chi connectivity index (χ4n) is 2.26. The lowest BCUT2D eigenvalue weighted by atomic mass is 10.1. The molecule has 0 aromatic heterocycles. The second kappa shape index (κ2) is 8.60. The van der Waals surface area contributed by atoms with Gasteiger partial charge in [-0.15, -0.1) is 0 Å². The zero-order valence-electron chi connectivity index (χ0n) is 14.2. The number of carbonyl (C=O) groups excluding carboxylic acids is 1. The molecule has 0 saturated carbocycles. The summed E-state index contributed by atoms with van der Waals surface area (Å²) in [5.41, 5.74) is 2.93. The summed E-state index contributed by atoms with van der Waals surface area (Å²) in [6.45, 7) is 6.60. The van der Waals surface area contributed by atoms with Gasteiger partial charge in [0.15, 0.2) is 6.61 Å². The molecule has 4 nitrogen and oxygen atoms in total. The number of ether oxygens (including phenoxy) is 2. The lowest BCUT2D eigenvalue weighted by Crippen LogP contribution is -2.32. The Bertz CT molecular complexity index is 693. The first-order valence-corrected chi connectivity index (χ1v) is 8.20. The Morgan fingerprint density at radius 1 is 1.04 bits per heavy atom. The number of benzene rings is 2. The summed E-state index contributed by atoms with van der Waals surface area (Å²) < 4.78 is 11.1. The highest BCUT2D eigenvalue weighted by molar-refractivity contribution is 6.32. The van der Waals surface area contributed by atoms with E-state index in [4.69, 9.17) is 21.1 Å². The lowest BCUT2D eigenvalue weighted by molar-refractivity contribution is -0.123. The maximum Gasteiger partial charge on any atom is 0.258 e. The first kappa shape index (κ1) is 18.1. The molecule has 0 atom stereocenters. The molecule has 0 heterocycles. The number of amides is 1. The minimum absolute atomic E-state index is 0.0368. The van der Waals surface area contributed by atoms with Gasteiger partial charge in [0.2, 0.25) is 0 Å². The third kappa shape index (κ3) is 5.17. The van der Waals surface area contributed by atoms with E-state index in [1.165, 1.54) is 0 Å². The minimum atomic E-state index is -0.186. The Labute approximate surface area is 147 Å². The second-order valence-corrected chi connectivity index (χ2v) is 6.00. The predicted octanol–water partition coefficient (Wildman–Crippen LogP) is 3.84. The van der Waals surface area contributed by atoms with E-state index >= 15 is 0 Å². The maximum atomic E-state index is 11.8. The number of hydrogen-bond acceptors (Lipinski definition) is 3. The van der Waals surface area contributed by atoms with Crippen molar-refractivity contribution in [1.82, 2.24) is 5.32 Å². The fraction of sp³-hybridized carbons (Fsp3) is 0.316. The lowest BCUT2D eigenvalue weighted by Gasteiger charge is -2.11. The Morgan fingerprint density at radius 3 is 2.38 bits per heavy atom. The highest BCUT2D eigenvalue weighted by atomic mass is 35.5. The molecule has 128 valence electrons. The molecule has 0 radical (unpaired) electrons. The van der Waals surface area contributed by atoms with Gasteiger partial charge in [0, 0.05) is 5.02 Å². The molecule has 5 heteroatoms. The van der Waals surface area contributed by atoms with Crippen LogP contribution in [0.1, 0.15) is 16.7 Å². The van der Waals surface area contributed by atoms with Crippen molar-refractivity contribution in [1.29, 1.82) is 0 Å². The van der Waals surface area contributed by atoms with Crippen LogP contribution in [0.25, 0.3) is 0 Å². The maximum absolute atomic E-state index is 11.8. The molecule has 0 aliphatic carbocycles. The topological polar surface area (TPSA) is 47.6 Å². The van der Waals surface area contributed by atoms with Gasteiger partial charge in [-0.25, -0.2) is 0 Å². The molecule has 24 heavy (non-hydrogen) atoms. The third-order valence-corrected chi connectivity index (χ3v) is 4.15. The highest BCUT2D eigenvalue weighted by Gasteiger charge is 2.06. The smallest absolute Gasteiger partial charge is 0.258 e. The zero-order valence-corrected chi connectivity index (χ0v) is 14.9. The Balaban J connectivity index is 1.71. The molecule has 0 aliphatic heterocycles. The van der Waals surface area contributed by atoms with E-state index in [0.29, 0.717) is 18.9 Å². The largest absolute Gasteiger partial charge is 0.491 e. The summed E-state index contributed by atoms with van der Waals surface area (Å²) in [7, 11) is 0. The predicted molar refractivity (Wildman–Crippen MR) is 96.1 cm³/mol. The average Bonchev–Trinajstić information content (AvgIpc) is 2.56. The molecule has 0 aliphatic rings. The number of para-hydroxylation sites is 1. The summed E-state index contributed by atoms with van der Waals surface area (Å²) >= 11 is 6.11. The minimum Gasteiger partial charge on any atom is -0.491 e. The number of rotatable bonds is 7. The van der Waals surface area contributed by atoms with Crippen LogP contribution in [0, 0.1) is 20.8 Å². The van der Waals surface area contributed by atoms with Crippen LogP contribution in [0.3, 0.4) is 0 Å². The van der Waals surface area contributed by atoms with E-state index in [9.17, 15) is 4.79 Å². The van der Waals surface area contributed by atoms with Crippen molar-refractivity contribution in [2.75, 3.05) is 19.8 Å². The standard InChI is InChI=1S/C19H22ClNO3/c1-13-6-4-5-7-17(13)23-9-8-21-18(22)12-24-16-10-14(2)19(20)15(3)11-16/h4-7,10-11H,8-9,12H2,1-3H3,(H,21,22). The van der Waals surface area contributed by atoms with Gasteiger partial charge in [-0.05, 0) is 55.7 Å². The molecule has 2 aromatic carbocycles. The fourth-order valence-corrected chi connectivity index (χ4v) is 2.37. The van der Waals surface area contributed by atoms with Crippen LogP contribution in [0.2, 0.25) is 5.02 Å². The van der Waals surface area contributed by atoms with Crippen molar-refractivity contribution >= 4 is 17.5 Å². The van der Waals surface area contributed by atoms with Crippen molar-refractivity contribution in [3.63, 3.8) is 0 Å². The van der Waals surface area contributed by atoms with Crippen LogP contribution in [-0.4, -0.2) is 25.7 Å². The van der Waals surface area contributed by atoms with Crippen molar-refractivity contribution in [2.45, 2.75) is 20.8 Å². The summed E-state index contributed by atoms with van der Waals surface area (Å²) in [4.78, 5) is 11.8. The molecule has 0 saturated heterocycles. The zero-order chi connectivity index (χ0) is 17.5. The summed E-state index contributed by atoms with van der Waals surface area (Å²) in [6.07, 6.45) is 0. The van der Waals surface area contributed by atoms with E-state index in [0.717, 1.165) is 27.5 Å². The first-order chi connectivity index (χ1) is 11.5. The van der Waals surface area contributed by atoms with Gasteiger partial charge in [0.1, 0.15) is 18.1 Å². The summed E-state index contributed by atoms with van der Waals surface area (Å²) in [5.74, 6) is 1.28. The molecule has 1 N–H and O–H groups in total. The molecule has 2 aromatic rings. The monoisotopic (exact) mass is 347 g/mol. The van der Waals surface area contributed by atoms with Gasteiger partial charge in [-0.2, -0.15) is 0 Å². The summed E-state index contributed by atoms with van der Waals surface area (Å²) in [5, 5.41) is 3.49. The number of hydrogen-bond donors (Lipinski definition) is 1. The average molecular weight is 348 g/mol. The van der Waals surface area contributed by atoms with Gasteiger partial charge < -0.3 is 14.8 Å². The van der Waals surface area contributed by atoms with Crippen molar-refractivity contribution in [2.24, 2.45) is 0 Å². The Morgan fingerprint density at radius 2 is 1.71 bits per heavy atom. The van der Waals surface area contributed by atoms with Gasteiger partial charge in [-0.3, -0.25) is 4.79 Å². The van der Waals surface area contributed by atoms with E-state index in [1.54, 1.807) is 0 Å². The molecular weight excluding hydrogens is 326 g/mol. The van der Waals surface area contributed by atoms with Crippen molar-refractivity contribution in [3.8, 4) is 11.5 Å². The molecule has 0 fully saturated rings. The number of aryl methyl sites for hydroxylation is 3. The highest BCUT2D eigenvalue weighted by Crippen LogP contribution is 2.25. The van der Waals surface area contributed by atoms with E-state index in [-0.39, 0.29) is 12.5 Å². The third-order valence-electron chi connectivity index (χ3n) is 3.56. The Kier molecular flexibility index (Phi) is 6.50. The molecular formula is C19H22ClNO3. The quantitative estimate of drug-likeness (QED) is 0.774. The SMILES string of the molecule is Cc1ccccc1OCCNC(=O)COc1cc(C)c(Cl)c(C)c1. The van der Waals surface area contributed by atoms with Gasteiger partial charge in [0.05, 0.1) is 6.54 Å². The van der Waals surface area contributed by atoms with E-state index < -0.39 is 0 Å². The first-order valence-electron chi connectivity index (χ1n) is 7.82. The van der Waals surface area contributed by atoms with Gasteiger partial charge in [0.25, 0.3) is 5.91 Å². The van der Waals surface area contributed by atoms with Crippen molar-refractivity contribution in [3.05, 3.63) is 58.1 Å². The van der Waals surface area contributed by atoms with Crippen molar-refractivity contribution < 1.29 is 14.3 Å². The van der Waals surface area contributed by atoms with E-state index in [1.807, 2.05) is 57.2 Å². The van der Waals surface area contributed by atoms with E-state index in [2.05, 4.69) is 5.32 Å². The number of halogens is 1.